The molecular weight excluding hydrogens is 202 g/mol. The Hall–Kier alpha value is -1.63. The number of rotatable bonds is 1. The van der Waals surface area contributed by atoms with Gasteiger partial charge in [0.25, 0.3) is 5.91 Å². The molecule has 2 atom stereocenters. The van der Waals surface area contributed by atoms with E-state index in [1.807, 2.05) is 0 Å². The number of ether oxygens (including phenoxy) is 1. The van der Waals surface area contributed by atoms with E-state index in [-0.39, 0.29) is 13.0 Å². The summed E-state index contributed by atoms with van der Waals surface area (Å²) in [6, 6.07) is -1.06. The van der Waals surface area contributed by atoms with Crippen LogP contribution < -0.4 is 16.0 Å². The number of amides is 3. The minimum Gasteiger partial charge on any atom is -0.468 e. The Bertz CT molecular complexity index is 343. The van der Waals surface area contributed by atoms with E-state index >= 15 is 0 Å². The number of methoxy groups -OCH3 is 1. The van der Waals surface area contributed by atoms with Crippen LogP contribution in [0.2, 0.25) is 0 Å². The predicted molar refractivity (Wildman–Crippen MR) is 47.8 cm³/mol. The molecule has 2 heterocycles. The van der Waals surface area contributed by atoms with Crippen LogP contribution in [-0.2, 0) is 14.3 Å². The third kappa shape index (κ3) is 1.44. The maximum Gasteiger partial charge on any atom is 0.322 e. The van der Waals surface area contributed by atoms with Gasteiger partial charge < -0.3 is 15.4 Å². The first kappa shape index (κ1) is 9.91. The Kier molecular flexibility index (Phi) is 2.11. The lowest BCUT2D eigenvalue weighted by Crippen LogP contribution is -2.48. The number of carbonyl (C=O) groups excluding carboxylic acids is 3. The highest BCUT2D eigenvalue weighted by Crippen LogP contribution is 2.23. The van der Waals surface area contributed by atoms with Gasteiger partial charge in [-0.25, -0.2) is 4.79 Å². The first-order valence-electron chi connectivity index (χ1n) is 4.52. The van der Waals surface area contributed by atoms with Crippen molar-refractivity contribution in [2.24, 2.45) is 0 Å². The van der Waals surface area contributed by atoms with E-state index in [2.05, 4.69) is 20.7 Å². The van der Waals surface area contributed by atoms with E-state index in [1.165, 1.54) is 7.11 Å². The molecule has 2 saturated heterocycles. The number of hydrogen-bond acceptors (Lipinski definition) is 5. The van der Waals surface area contributed by atoms with Gasteiger partial charge in [0.05, 0.1) is 7.11 Å². The monoisotopic (exact) mass is 213 g/mol. The van der Waals surface area contributed by atoms with Crippen LogP contribution in [-0.4, -0.2) is 43.1 Å². The molecule has 3 N–H and O–H groups in total. The third-order valence-corrected chi connectivity index (χ3v) is 2.70. The molecule has 1 unspecified atom stereocenters. The summed E-state index contributed by atoms with van der Waals surface area (Å²) >= 11 is 0. The van der Waals surface area contributed by atoms with Crippen LogP contribution in [0.1, 0.15) is 6.42 Å². The first-order chi connectivity index (χ1) is 7.07. The van der Waals surface area contributed by atoms with Gasteiger partial charge in [-0.1, -0.05) is 0 Å². The normalized spacial score (nSPS) is 34.1. The fourth-order valence-electron chi connectivity index (χ4n) is 1.90. The highest BCUT2D eigenvalue weighted by Gasteiger charge is 2.52. The van der Waals surface area contributed by atoms with E-state index in [1.54, 1.807) is 0 Å². The summed E-state index contributed by atoms with van der Waals surface area (Å²) in [7, 11) is 1.28. The summed E-state index contributed by atoms with van der Waals surface area (Å²) in [5.41, 5.74) is -0.990. The van der Waals surface area contributed by atoms with E-state index in [0.29, 0.717) is 0 Å². The number of urea groups is 1. The second kappa shape index (κ2) is 3.20. The zero-order valence-electron chi connectivity index (χ0n) is 8.12. The number of hydrogen-bond donors (Lipinski definition) is 3. The minimum atomic E-state index is -0.990. The van der Waals surface area contributed by atoms with Crippen molar-refractivity contribution >= 4 is 17.9 Å². The second-order valence-electron chi connectivity index (χ2n) is 3.65. The predicted octanol–water partition coefficient (Wildman–Crippen LogP) is -1.90. The topological polar surface area (TPSA) is 96.5 Å². The average Bonchev–Trinajstić information content (AvgIpc) is 2.72. The van der Waals surface area contributed by atoms with Crippen LogP contribution in [0.25, 0.3) is 0 Å². The summed E-state index contributed by atoms with van der Waals surface area (Å²) in [6.45, 7) is 0.240. The van der Waals surface area contributed by atoms with Gasteiger partial charge in [-0.05, 0) is 0 Å². The largest absolute Gasteiger partial charge is 0.468 e. The van der Waals surface area contributed by atoms with Crippen LogP contribution in [0.15, 0.2) is 0 Å². The number of carbonyl (C=O) groups is 3. The van der Waals surface area contributed by atoms with Gasteiger partial charge in [0, 0.05) is 13.0 Å². The molecule has 2 rings (SSSR count). The molecule has 2 aliphatic rings. The zero-order valence-corrected chi connectivity index (χ0v) is 8.12. The van der Waals surface area contributed by atoms with Gasteiger partial charge in [-0.2, -0.15) is 0 Å². The maximum absolute atomic E-state index is 11.5. The van der Waals surface area contributed by atoms with Crippen LogP contribution >= 0.6 is 0 Å². The molecular formula is C8H11N3O4. The van der Waals surface area contributed by atoms with Gasteiger partial charge in [0.15, 0.2) is 0 Å². The molecule has 0 aromatic rings. The lowest BCUT2D eigenvalue weighted by molar-refractivity contribution is -0.142. The van der Waals surface area contributed by atoms with E-state index in [9.17, 15) is 14.4 Å². The van der Waals surface area contributed by atoms with Crippen molar-refractivity contribution in [3.05, 3.63) is 0 Å². The first-order valence-corrected chi connectivity index (χ1v) is 4.52. The summed E-state index contributed by atoms with van der Waals surface area (Å²) in [6.07, 6.45) is 0.219. The molecule has 82 valence electrons. The lowest BCUT2D eigenvalue weighted by atomic mass is 9.96. The van der Waals surface area contributed by atoms with E-state index in [4.69, 9.17) is 0 Å². The molecule has 0 bridgehead atoms. The fraction of sp³-hybridized carbons (Fsp3) is 0.625. The zero-order chi connectivity index (χ0) is 11.1. The quantitative estimate of drug-likeness (QED) is 0.349. The van der Waals surface area contributed by atoms with Gasteiger partial charge in [-0.15, -0.1) is 0 Å². The van der Waals surface area contributed by atoms with Crippen molar-refractivity contribution in [3.63, 3.8) is 0 Å². The molecule has 3 amide bonds. The Morgan fingerprint density at radius 3 is 2.80 bits per heavy atom. The summed E-state index contributed by atoms with van der Waals surface area (Å²) in [5.74, 6) is -0.827. The minimum absolute atomic E-state index is 0.219. The summed E-state index contributed by atoms with van der Waals surface area (Å²) in [5, 5.41) is 7.50. The van der Waals surface area contributed by atoms with Gasteiger partial charge in [0.1, 0.15) is 11.6 Å². The third-order valence-electron chi connectivity index (χ3n) is 2.70. The molecule has 2 fully saturated rings. The van der Waals surface area contributed by atoms with Crippen molar-refractivity contribution in [1.82, 2.24) is 16.0 Å². The number of imide groups is 1. The Morgan fingerprint density at radius 2 is 2.27 bits per heavy atom. The fourth-order valence-corrected chi connectivity index (χ4v) is 1.90. The van der Waals surface area contributed by atoms with Crippen molar-refractivity contribution in [3.8, 4) is 0 Å². The van der Waals surface area contributed by atoms with Crippen molar-refractivity contribution in [1.29, 1.82) is 0 Å². The molecule has 0 radical (unpaired) electrons. The highest BCUT2D eigenvalue weighted by atomic mass is 16.5. The van der Waals surface area contributed by atoms with Gasteiger partial charge in [-0.3, -0.25) is 14.9 Å². The SMILES string of the molecule is COC(=O)[C@@H]1CC2(CN1)NC(=O)NC2=O. The second-order valence-corrected chi connectivity index (χ2v) is 3.65. The van der Waals surface area contributed by atoms with Gasteiger partial charge >= 0.3 is 12.0 Å². The molecule has 0 aromatic heterocycles. The van der Waals surface area contributed by atoms with E-state index < -0.39 is 29.5 Å². The van der Waals surface area contributed by atoms with Crippen LogP contribution in [0.3, 0.4) is 0 Å². The van der Waals surface area contributed by atoms with Crippen molar-refractivity contribution < 1.29 is 19.1 Å². The van der Waals surface area contributed by atoms with Gasteiger partial charge in [0.2, 0.25) is 0 Å². The standard InChI is InChI=1S/C8H11N3O4/c1-15-5(12)4-2-8(3-9-4)6(13)10-7(14)11-8/h4,9H,2-3H2,1H3,(H2,10,11,13,14)/t4-,8?/m0/s1. The highest BCUT2D eigenvalue weighted by molar-refractivity contribution is 6.07. The number of esters is 1. The van der Waals surface area contributed by atoms with E-state index in [0.717, 1.165) is 0 Å². The summed E-state index contributed by atoms with van der Waals surface area (Å²) in [4.78, 5) is 33.7. The van der Waals surface area contributed by atoms with Crippen LogP contribution in [0, 0.1) is 0 Å². The summed E-state index contributed by atoms with van der Waals surface area (Å²) < 4.78 is 4.55. The van der Waals surface area contributed by atoms with Crippen LogP contribution in [0.5, 0.6) is 0 Å². The molecule has 1 spiro atoms. The Balaban J connectivity index is 2.12. The lowest BCUT2D eigenvalue weighted by Gasteiger charge is -2.17. The molecule has 0 saturated carbocycles. The maximum atomic E-state index is 11.5. The smallest absolute Gasteiger partial charge is 0.322 e. The molecule has 0 aromatic carbocycles. The molecule has 0 aliphatic carbocycles. The van der Waals surface area contributed by atoms with Crippen molar-refractivity contribution in [2.45, 2.75) is 18.0 Å². The van der Waals surface area contributed by atoms with Crippen LogP contribution in [0.4, 0.5) is 4.79 Å². The molecule has 2 aliphatic heterocycles. The Morgan fingerprint density at radius 1 is 1.53 bits per heavy atom. The molecule has 15 heavy (non-hydrogen) atoms. The molecule has 7 heteroatoms. The molecule has 7 nitrogen and oxygen atoms in total. The Labute approximate surface area is 85.5 Å². The van der Waals surface area contributed by atoms with Crippen molar-refractivity contribution in [2.75, 3.05) is 13.7 Å². The average molecular weight is 213 g/mol. The number of nitrogens with one attached hydrogen (secondary N) is 3.